The molecule has 0 bridgehead atoms. The lowest BCUT2D eigenvalue weighted by atomic mass is 10.2. The molecule has 166 valence electrons. The maximum absolute atomic E-state index is 12.6. The van der Waals surface area contributed by atoms with E-state index < -0.39 is 35.8 Å². The number of amides is 1. The Balaban J connectivity index is 2.35. The van der Waals surface area contributed by atoms with Gasteiger partial charge in [-0.25, -0.2) is 9.59 Å². The highest BCUT2D eigenvalue weighted by Crippen LogP contribution is 2.34. The Bertz CT molecular complexity index is 983. The number of carbonyl (C=O) groups is 3. The predicted octanol–water partition coefficient (Wildman–Crippen LogP) is 2.93. The molecule has 8 nitrogen and oxygen atoms in total. The molecule has 0 aromatic heterocycles. The number of rotatable bonds is 7. The van der Waals surface area contributed by atoms with Gasteiger partial charge in [-0.15, -0.1) is 0 Å². The van der Waals surface area contributed by atoms with Crippen molar-refractivity contribution in [3.05, 3.63) is 48.0 Å². The van der Waals surface area contributed by atoms with E-state index in [1.807, 2.05) is 0 Å². The number of nitrogens with two attached hydrogens (primary N) is 1. The minimum Gasteiger partial charge on any atom is -0.465 e. The van der Waals surface area contributed by atoms with E-state index in [9.17, 15) is 27.6 Å². The lowest BCUT2D eigenvalue weighted by Gasteiger charge is -2.16. The second-order valence-corrected chi connectivity index (χ2v) is 6.31. The second kappa shape index (κ2) is 10.2. The molecule has 0 spiro atoms. The van der Waals surface area contributed by atoms with Crippen LogP contribution in [0.3, 0.4) is 0 Å². The summed E-state index contributed by atoms with van der Waals surface area (Å²) >= 11 is 3.87. The van der Waals surface area contributed by atoms with Crippen LogP contribution in [0.1, 0.15) is 10.4 Å². The normalized spacial score (nSPS) is 11.9. The quantitative estimate of drug-likeness (QED) is 0.332. The summed E-state index contributed by atoms with van der Waals surface area (Å²) in [6.45, 7) is 0. The van der Waals surface area contributed by atoms with Crippen molar-refractivity contribution < 1.29 is 41.8 Å². The van der Waals surface area contributed by atoms with Gasteiger partial charge < -0.3 is 25.3 Å². The fourth-order valence-corrected chi connectivity index (χ4v) is 2.33. The molecule has 0 fully saturated rings. The summed E-state index contributed by atoms with van der Waals surface area (Å²) in [5, 5.41) is 2.27. The van der Waals surface area contributed by atoms with Crippen LogP contribution in [-0.4, -0.2) is 42.9 Å². The zero-order chi connectivity index (χ0) is 23.2. The highest BCUT2D eigenvalue weighted by atomic mass is 32.1. The molecule has 0 aliphatic heterocycles. The minimum atomic E-state index is -5.27. The number of hydrogen-bond acceptors (Lipinski definition) is 8. The first-order valence-corrected chi connectivity index (χ1v) is 9.15. The fourth-order valence-electron chi connectivity index (χ4n) is 2.16. The molecule has 0 aliphatic carbocycles. The van der Waals surface area contributed by atoms with Crippen molar-refractivity contribution in [3.63, 3.8) is 0 Å². The van der Waals surface area contributed by atoms with E-state index in [2.05, 4.69) is 27.4 Å². The third kappa shape index (κ3) is 6.62. The molecule has 2 aromatic carbocycles. The first-order chi connectivity index (χ1) is 14.5. The van der Waals surface area contributed by atoms with Gasteiger partial charge in [-0.05, 0) is 30.3 Å². The Morgan fingerprint density at radius 1 is 1.13 bits per heavy atom. The van der Waals surface area contributed by atoms with Gasteiger partial charge in [-0.1, -0.05) is 6.07 Å². The van der Waals surface area contributed by atoms with Gasteiger partial charge >= 0.3 is 18.1 Å². The highest BCUT2D eigenvalue weighted by Gasteiger charge is 2.41. The molecule has 0 aliphatic rings. The molecule has 3 N–H and O–H groups in total. The Morgan fingerprint density at radius 2 is 1.81 bits per heavy atom. The first-order valence-electron chi connectivity index (χ1n) is 8.51. The van der Waals surface area contributed by atoms with Crippen molar-refractivity contribution in [2.45, 2.75) is 12.2 Å². The van der Waals surface area contributed by atoms with Gasteiger partial charge in [0.05, 0.1) is 24.4 Å². The molecule has 1 amide bonds. The number of ether oxygens (including phenoxy) is 3. The molecule has 0 heterocycles. The average Bonchev–Trinajstić information content (AvgIpc) is 2.73. The van der Waals surface area contributed by atoms with Crippen molar-refractivity contribution in [3.8, 4) is 17.2 Å². The lowest BCUT2D eigenvalue weighted by Crippen LogP contribution is -2.37. The van der Waals surface area contributed by atoms with Gasteiger partial charge in [0, 0.05) is 11.8 Å². The summed E-state index contributed by atoms with van der Waals surface area (Å²) in [4.78, 5) is 34.9. The SMILES string of the molecule is COC(=O)c1cccc(Oc2ccc(NC(=O)[C@@H](N)CS)c(OC(=O)C(F)(F)F)c2)c1. The summed E-state index contributed by atoms with van der Waals surface area (Å²) in [5.41, 5.74) is 5.46. The number of nitrogens with one attached hydrogen (secondary N) is 1. The van der Waals surface area contributed by atoms with E-state index in [4.69, 9.17) is 10.5 Å². The van der Waals surface area contributed by atoms with Crippen LogP contribution < -0.4 is 20.5 Å². The molecule has 2 aromatic rings. The van der Waals surface area contributed by atoms with Crippen molar-refractivity contribution >= 4 is 36.2 Å². The molecule has 2 rings (SSSR count). The Kier molecular flexibility index (Phi) is 7.89. The fraction of sp³-hybridized carbons (Fsp3) is 0.211. The number of anilines is 1. The van der Waals surface area contributed by atoms with Crippen LogP contribution in [-0.2, 0) is 14.3 Å². The summed E-state index contributed by atoms with van der Waals surface area (Å²) < 4.78 is 52.5. The first kappa shape index (κ1) is 24.0. The summed E-state index contributed by atoms with van der Waals surface area (Å²) in [6.07, 6.45) is -5.27. The van der Waals surface area contributed by atoms with Crippen LogP contribution in [0.25, 0.3) is 0 Å². The van der Waals surface area contributed by atoms with Crippen LogP contribution in [0.5, 0.6) is 17.2 Å². The van der Waals surface area contributed by atoms with Crippen LogP contribution in [0, 0.1) is 0 Å². The van der Waals surface area contributed by atoms with Gasteiger partial charge in [0.1, 0.15) is 11.5 Å². The van der Waals surface area contributed by atoms with Crippen LogP contribution in [0.2, 0.25) is 0 Å². The van der Waals surface area contributed by atoms with Gasteiger partial charge in [-0.3, -0.25) is 4.79 Å². The number of esters is 2. The van der Waals surface area contributed by atoms with Crippen LogP contribution >= 0.6 is 12.6 Å². The van der Waals surface area contributed by atoms with Crippen molar-refractivity contribution in [1.82, 2.24) is 0 Å². The topological polar surface area (TPSA) is 117 Å². The molecular weight excluding hydrogens is 441 g/mol. The Labute approximate surface area is 179 Å². The van der Waals surface area contributed by atoms with Gasteiger partial charge in [0.15, 0.2) is 5.75 Å². The smallest absolute Gasteiger partial charge is 0.465 e. The third-order valence-corrected chi connectivity index (χ3v) is 4.06. The average molecular weight is 458 g/mol. The van der Waals surface area contributed by atoms with Crippen LogP contribution in [0.4, 0.5) is 18.9 Å². The number of alkyl halides is 3. The molecule has 0 radical (unpaired) electrons. The maximum Gasteiger partial charge on any atom is 0.491 e. The number of methoxy groups -OCH3 is 1. The zero-order valence-electron chi connectivity index (χ0n) is 15.9. The standard InChI is InChI=1S/C19H17F3N2O6S/c1-28-17(26)10-3-2-4-11(7-10)29-12-5-6-14(24-16(25)13(23)9-31)15(8-12)30-18(27)19(20,21)22/h2-8,13,31H,9,23H2,1H3,(H,24,25)/t13-/m0/s1. The molecular formula is C19H17F3N2O6S. The molecule has 1 atom stereocenters. The summed E-state index contributed by atoms with van der Waals surface area (Å²) in [5.74, 6) is -4.40. The molecule has 0 saturated carbocycles. The van der Waals surface area contributed by atoms with E-state index in [1.54, 1.807) is 0 Å². The molecule has 0 unspecified atom stereocenters. The Morgan fingerprint density at radius 3 is 2.42 bits per heavy atom. The third-order valence-electron chi connectivity index (χ3n) is 3.67. The van der Waals surface area contributed by atoms with Crippen molar-refractivity contribution in [2.24, 2.45) is 5.73 Å². The van der Waals surface area contributed by atoms with E-state index >= 15 is 0 Å². The monoisotopic (exact) mass is 458 g/mol. The lowest BCUT2D eigenvalue weighted by molar-refractivity contribution is -0.189. The largest absolute Gasteiger partial charge is 0.491 e. The molecule has 12 heteroatoms. The van der Waals surface area contributed by atoms with Crippen molar-refractivity contribution in [2.75, 3.05) is 18.2 Å². The number of benzene rings is 2. The van der Waals surface area contributed by atoms with Crippen molar-refractivity contribution in [1.29, 1.82) is 0 Å². The van der Waals surface area contributed by atoms with Gasteiger partial charge in [0.2, 0.25) is 5.91 Å². The van der Waals surface area contributed by atoms with Crippen LogP contribution in [0.15, 0.2) is 42.5 Å². The number of thiol groups is 1. The maximum atomic E-state index is 12.6. The second-order valence-electron chi connectivity index (χ2n) is 5.95. The summed E-state index contributed by atoms with van der Waals surface area (Å²) in [6, 6.07) is 8.18. The predicted molar refractivity (Wildman–Crippen MR) is 106 cm³/mol. The number of carbonyl (C=O) groups excluding carboxylic acids is 3. The minimum absolute atomic E-state index is 0.0266. The van der Waals surface area contributed by atoms with E-state index in [-0.39, 0.29) is 28.5 Å². The molecule has 0 saturated heterocycles. The highest BCUT2D eigenvalue weighted by molar-refractivity contribution is 7.80. The van der Waals surface area contributed by atoms with Gasteiger partial charge in [0.25, 0.3) is 0 Å². The Hall–Kier alpha value is -3.25. The van der Waals surface area contributed by atoms with E-state index in [1.165, 1.54) is 43.5 Å². The number of hydrogen-bond donors (Lipinski definition) is 3. The summed E-state index contributed by atoms with van der Waals surface area (Å²) in [7, 11) is 1.20. The zero-order valence-corrected chi connectivity index (χ0v) is 16.8. The molecule has 31 heavy (non-hydrogen) atoms. The van der Waals surface area contributed by atoms with E-state index in [0.717, 1.165) is 6.07 Å². The number of halogens is 3. The van der Waals surface area contributed by atoms with Gasteiger partial charge in [-0.2, -0.15) is 25.8 Å². The van der Waals surface area contributed by atoms with E-state index in [0.29, 0.717) is 0 Å².